The van der Waals surface area contributed by atoms with E-state index in [-0.39, 0.29) is 5.69 Å². The van der Waals surface area contributed by atoms with Crippen molar-refractivity contribution in [1.82, 2.24) is 9.36 Å². The molecule has 0 aliphatic carbocycles. The molecule has 1 unspecified atom stereocenters. The van der Waals surface area contributed by atoms with Gasteiger partial charge in [0.25, 0.3) is 11.5 Å². The van der Waals surface area contributed by atoms with E-state index in [9.17, 15) is 14.9 Å². The lowest BCUT2D eigenvalue weighted by atomic mass is 10.3. The summed E-state index contributed by atoms with van der Waals surface area (Å²) in [6, 6.07) is 18.3. The van der Waals surface area contributed by atoms with Gasteiger partial charge < -0.3 is 5.32 Å². The second-order valence-corrected chi connectivity index (χ2v) is 6.01. The minimum Gasteiger partial charge on any atom is -0.317 e. The zero-order chi connectivity index (χ0) is 20.1. The molecule has 1 amide bonds. The number of aromatic nitrogens is 2. The number of hydrogen-bond acceptors (Lipinski definition) is 5. The topological polar surface area (TPSA) is 105 Å². The molecule has 3 rings (SSSR count). The van der Waals surface area contributed by atoms with Crippen LogP contribution in [0.15, 0.2) is 75.7 Å². The van der Waals surface area contributed by atoms with Gasteiger partial charge in [0.05, 0.1) is 17.1 Å². The van der Waals surface area contributed by atoms with Crippen LogP contribution in [0.25, 0.3) is 5.69 Å². The third-order valence-electron chi connectivity index (χ3n) is 4.22. The summed E-state index contributed by atoms with van der Waals surface area (Å²) >= 11 is 0. The number of hydrogen-bond donors (Lipinski definition) is 1. The molecule has 3 aromatic rings. The predicted octanol–water partition coefficient (Wildman–Crippen LogP) is 3.10. The van der Waals surface area contributed by atoms with E-state index in [0.29, 0.717) is 17.1 Å². The largest absolute Gasteiger partial charge is 0.317 e. The lowest BCUT2D eigenvalue weighted by molar-refractivity contribution is -0.116. The van der Waals surface area contributed by atoms with Crippen LogP contribution in [0.1, 0.15) is 5.69 Å². The van der Waals surface area contributed by atoms with Crippen molar-refractivity contribution in [2.24, 2.45) is 17.3 Å². The van der Waals surface area contributed by atoms with Gasteiger partial charge in [0.2, 0.25) is 6.04 Å². The zero-order valence-corrected chi connectivity index (χ0v) is 15.4. The summed E-state index contributed by atoms with van der Waals surface area (Å²) in [5, 5.41) is 19.5. The van der Waals surface area contributed by atoms with Crippen LogP contribution in [0.3, 0.4) is 0 Å². The van der Waals surface area contributed by atoms with Crippen LogP contribution in [0.5, 0.6) is 0 Å². The van der Waals surface area contributed by atoms with Gasteiger partial charge in [-0.2, -0.15) is 15.5 Å². The fourth-order valence-electron chi connectivity index (χ4n) is 2.66. The quantitative estimate of drug-likeness (QED) is 0.694. The van der Waals surface area contributed by atoms with Crippen molar-refractivity contribution in [1.29, 1.82) is 5.26 Å². The van der Waals surface area contributed by atoms with Gasteiger partial charge in [-0.05, 0) is 31.2 Å². The maximum Gasteiger partial charge on any atom is 0.295 e. The van der Waals surface area contributed by atoms with Gasteiger partial charge >= 0.3 is 0 Å². The number of nitrogens with zero attached hydrogens (tertiary/aromatic N) is 5. The molecule has 1 aromatic heterocycles. The fraction of sp³-hybridized carbons (Fsp3) is 0.150. The molecule has 2 aromatic carbocycles. The number of nitrogens with one attached hydrogen (secondary N) is 1. The normalized spacial score (nSPS) is 11.9. The van der Waals surface area contributed by atoms with Gasteiger partial charge in [-0.25, -0.2) is 4.68 Å². The Morgan fingerprint density at radius 1 is 1.11 bits per heavy atom. The van der Waals surface area contributed by atoms with Crippen molar-refractivity contribution in [2.45, 2.75) is 13.0 Å². The van der Waals surface area contributed by atoms with Crippen LogP contribution >= 0.6 is 0 Å². The number of para-hydroxylation sites is 1. The van der Waals surface area contributed by atoms with Gasteiger partial charge in [-0.1, -0.05) is 36.4 Å². The minimum atomic E-state index is -1.37. The summed E-state index contributed by atoms with van der Waals surface area (Å²) in [6.45, 7) is 1.71. The Kier molecular flexibility index (Phi) is 5.46. The third-order valence-corrected chi connectivity index (χ3v) is 4.22. The standard InChI is InChI=1S/C20H18N6O2/c1-14-18(20(28)26(25(14)2)16-11-7-4-8-12-16)22-19(27)17(13-21)24-23-15-9-5-3-6-10-15/h3-12,17H,1-2H3,(H,22,27). The molecular formula is C20H18N6O2. The molecule has 0 radical (unpaired) electrons. The summed E-state index contributed by atoms with van der Waals surface area (Å²) in [5.41, 5.74) is 1.46. The Morgan fingerprint density at radius 3 is 2.32 bits per heavy atom. The molecule has 0 saturated heterocycles. The molecule has 140 valence electrons. The maximum atomic E-state index is 12.8. The molecule has 0 fully saturated rings. The van der Waals surface area contributed by atoms with Gasteiger partial charge in [-0.3, -0.25) is 14.3 Å². The molecule has 28 heavy (non-hydrogen) atoms. The first-order valence-corrected chi connectivity index (χ1v) is 8.53. The molecule has 1 atom stereocenters. The summed E-state index contributed by atoms with van der Waals surface area (Å²) in [4.78, 5) is 25.3. The summed E-state index contributed by atoms with van der Waals surface area (Å²) in [7, 11) is 1.72. The average Bonchev–Trinajstić information content (AvgIpc) is 2.93. The van der Waals surface area contributed by atoms with Gasteiger partial charge in [0.15, 0.2) is 0 Å². The molecule has 0 saturated carbocycles. The van der Waals surface area contributed by atoms with Crippen LogP contribution in [0.4, 0.5) is 11.4 Å². The van der Waals surface area contributed by atoms with Crippen molar-refractivity contribution in [3.63, 3.8) is 0 Å². The lowest BCUT2D eigenvalue weighted by Gasteiger charge is -2.07. The van der Waals surface area contributed by atoms with E-state index < -0.39 is 17.5 Å². The highest BCUT2D eigenvalue weighted by Crippen LogP contribution is 2.15. The van der Waals surface area contributed by atoms with E-state index in [1.807, 2.05) is 24.3 Å². The number of azo groups is 1. The van der Waals surface area contributed by atoms with Crippen LogP contribution in [0, 0.1) is 18.3 Å². The second-order valence-electron chi connectivity index (χ2n) is 6.01. The number of anilines is 1. The Hall–Kier alpha value is -3.99. The lowest BCUT2D eigenvalue weighted by Crippen LogP contribution is -2.28. The summed E-state index contributed by atoms with van der Waals surface area (Å²) < 4.78 is 3.08. The van der Waals surface area contributed by atoms with Gasteiger partial charge in [-0.15, -0.1) is 0 Å². The molecule has 0 bridgehead atoms. The van der Waals surface area contributed by atoms with E-state index in [0.717, 1.165) is 0 Å². The van der Waals surface area contributed by atoms with Crippen molar-refractivity contribution in [2.75, 3.05) is 5.32 Å². The zero-order valence-electron chi connectivity index (χ0n) is 15.4. The summed E-state index contributed by atoms with van der Waals surface area (Å²) in [5.74, 6) is -0.715. The van der Waals surface area contributed by atoms with Crippen molar-refractivity contribution < 1.29 is 4.79 Å². The van der Waals surface area contributed by atoms with Crippen LogP contribution in [-0.2, 0) is 11.8 Å². The SMILES string of the molecule is Cc1c(NC(=O)C(C#N)N=Nc2ccccc2)c(=O)n(-c2ccccc2)n1C. The molecule has 1 heterocycles. The molecule has 1 N–H and O–H groups in total. The maximum absolute atomic E-state index is 12.8. The Labute approximate surface area is 161 Å². The highest BCUT2D eigenvalue weighted by atomic mass is 16.2. The minimum absolute atomic E-state index is 0.103. The van der Waals surface area contributed by atoms with E-state index in [1.54, 1.807) is 61.1 Å². The average molecular weight is 374 g/mol. The number of carbonyl (C=O) groups is 1. The number of nitriles is 1. The van der Waals surface area contributed by atoms with Crippen LogP contribution in [-0.4, -0.2) is 21.3 Å². The van der Waals surface area contributed by atoms with Crippen LogP contribution in [0.2, 0.25) is 0 Å². The molecular weight excluding hydrogens is 356 g/mol. The predicted molar refractivity (Wildman–Crippen MR) is 105 cm³/mol. The number of rotatable bonds is 5. The Balaban J connectivity index is 1.87. The molecule has 0 spiro atoms. The van der Waals surface area contributed by atoms with E-state index >= 15 is 0 Å². The number of carbonyl (C=O) groups excluding carboxylic acids is 1. The van der Waals surface area contributed by atoms with Crippen LogP contribution < -0.4 is 10.9 Å². The van der Waals surface area contributed by atoms with E-state index in [4.69, 9.17) is 0 Å². The molecule has 8 nitrogen and oxygen atoms in total. The first-order chi connectivity index (χ1) is 13.5. The van der Waals surface area contributed by atoms with Crippen molar-refractivity contribution in [3.8, 4) is 11.8 Å². The molecule has 8 heteroatoms. The monoisotopic (exact) mass is 374 g/mol. The number of benzene rings is 2. The van der Waals surface area contributed by atoms with Crippen molar-refractivity contribution >= 4 is 17.3 Å². The highest BCUT2D eigenvalue weighted by molar-refractivity contribution is 5.97. The second kappa shape index (κ2) is 8.14. The fourth-order valence-corrected chi connectivity index (χ4v) is 2.66. The van der Waals surface area contributed by atoms with Gasteiger partial charge in [0, 0.05) is 7.05 Å². The number of amides is 1. The molecule has 0 aliphatic rings. The van der Waals surface area contributed by atoms with Crippen molar-refractivity contribution in [3.05, 3.63) is 76.7 Å². The van der Waals surface area contributed by atoms with E-state index in [1.165, 1.54) is 4.68 Å². The smallest absolute Gasteiger partial charge is 0.295 e. The first-order valence-electron chi connectivity index (χ1n) is 8.53. The third kappa shape index (κ3) is 3.73. The highest BCUT2D eigenvalue weighted by Gasteiger charge is 2.23. The first kappa shape index (κ1) is 18.8. The van der Waals surface area contributed by atoms with E-state index in [2.05, 4.69) is 15.5 Å². The van der Waals surface area contributed by atoms with Gasteiger partial charge in [0.1, 0.15) is 11.8 Å². The Morgan fingerprint density at radius 2 is 1.71 bits per heavy atom. The molecule has 0 aliphatic heterocycles. The summed E-state index contributed by atoms with van der Waals surface area (Å²) in [6.07, 6.45) is 0. The Bertz CT molecular complexity index is 1110.